The van der Waals surface area contributed by atoms with Gasteiger partial charge in [0, 0.05) is 17.9 Å². The van der Waals surface area contributed by atoms with Gasteiger partial charge in [-0.25, -0.2) is 0 Å². The van der Waals surface area contributed by atoms with E-state index in [1.807, 2.05) is 6.20 Å². The lowest BCUT2D eigenvalue weighted by Gasteiger charge is -2.32. The van der Waals surface area contributed by atoms with Crippen molar-refractivity contribution in [3.63, 3.8) is 0 Å². The summed E-state index contributed by atoms with van der Waals surface area (Å²) >= 11 is 5.34. The van der Waals surface area contributed by atoms with Gasteiger partial charge in [-0.05, 0) is 50.2 Å². The summed E-state index contributed by atoms with van der Waals surface area (Å²) in [5, 5.41) is 0. The molecule has 1 heterocycles. The van der Waals surface area contributed by atoms with Crippen molar-refractivity contribution in [1.82, 2.24) is 9.55 Å². The first-order valence-corrected chi connectivity index (χ1v) is 6.25. The minimum absolute atomic E-state index is 0.613. The van der Waals surface area contributed by atoms with E-state index in [-0.39, 0.29) is 0 Å². The number of imidazole rings is 1. The van der Waals surface area contributed by atoms with Gasteiger partial charge in [0.15, 0.2) is 4.77 Å². The van der Waals surface area contributed by atoms with Gasteiger partial charge < -0.3 is 9.55 Å². The van der Waals surface area contributed by atoms with Crippen LogP contribution in [0.15, 0.2) is 6.20 Å². The van der Waals surface area contributed by atoms with Gasteiger partial charge in [0.25, 0.3) is 0 Å². The molecule has 3 heteroatoms. The van der Waals surface area contributed by atoms with E-state index in [0.29, 0.717) is 6.04 Å². The van der Waals surface area contributed by atoms with E-state index in [9.17, 15) is 0 Å². The number of hydrogen-bond donors (Lipinski definition) is 1. The molecule has 1 saturated carbocycles. The topological polar surface area (TPSA) is 20.7 Å². The lowest BCUT2D eigenvalue weighted by atomic mass is 9.80. The average molecular weight is 224 g/mol. The van der Waals surface area contributed by atoms with Crippen molar-refractivity contribution >= 4 is 12.2 Å². The molecule has 0 aromatic carbocycles. The summed E-state index contributed by atoms with van der Waals surface area (Å²) in [6.45, 7) is 6.85. The molecule has 1 aromatic rings. The predicted molar refractivity (Wildman–Crippen MR) is 65.6 cm³/mol. The molecule has 2 atom stereocenters. The van der Waals surface area contributed by atoms with E-state index in [1.165, 1.54) is 25.0 Å². The molecule has 0 aliphatic heterocycles. The monoisotopic (exact) mass is 224 g/mol. The second-order valence-electron chi connectivity index (χ2n) is 5.18. The van der Waals surface area contributed by atoms with Crippen molar-refractivity contribution in [2.75, 3.05) is 0 Å². The normalized spacial score (nSPS) is 31.8. The molecule has 0 radical (unpaired) electrons. The third-order valence-electron chi connectivity index (χ3n) is 3.52. The van der Waals surface area contributed by atoms with E-state index < -0.39 is 0 Å². The standard InChI is InChI=1S/C12H20N2S/c1-8-4-9(2)6-11(5-8)14-10(3)7-13-12(14)15/h7-9,11H,4-6H2,1-3H3,(H,13,15). The Labute approximate surface area is 96.7 Å². The number of hydrogen-bond acceptors (Lipinski definition) is 1. The predicted octanol–water partition coefficient (Wildman–Crippen LogP) is 3.85. The van der Waals surface area contributed by atoms with Crippen LogP contribution in [0.4, 0.5) is 0 Å². The molecule has 0 spiro atoms. The van der Waals surface area contributed by atoms with Crippen LogP contribution in [0.2, 0.25) is 0 Å². The molecule has 1 N–H and O–H groups in total. The number of nitrogens with one attached hydrogen (secondary N) is 1. The van der Waals surface area contributed by atoms with E-state index in [2.05, 4.69) is 30.3 Å². The number of aryl methyl sites for hydroxylation is 1. The molecule has 2 nitrogen and oxygen atoms in total. The second kappa shape index (κ2) is 4.12. The maximum Gasteiger partial charge on any atom is 0.177 e. The summed E-state index contributed by atoms with van der Waals surface area (Å²) in [6, 6.07) is 0.613. The quantitative estimate of drug-likeness (QED) is 0.719. The van der Waals surface area contributed by atoms with Gasteiger partial charge in [-0.3, -0.25) is 0 Å². The maximum atomic E-state index is 5.34. The zero-order chi connectivity index (χ0) is 11.0. The van der Waals surface area contributed by atoms with Crippen LogP contribution < -0.4 is 0 Å². The number of aromatic nitrogens is 2. The Morgan fingerprint density at radius 2 is 1.87 bits per heavy atom. The molecule has 1 aliphatic carbocycles. The van der Waals surface area contributed by atoms with Gasteiger partial charge >= 0.3 is 0 Å². The Hall–Kier alpha value is -0.570. The molecule has 0 saturated heterocycles. The average Bonchev–Trinajstić information content (AvgIpc) is 2.44. The molecule has 1 fully saturated rings. The lowest BCUT2D eigenvalue weighted by molar-refractivity contribution is 0.218. The van der Waals surface area contributed by atoms with Crippen LogP contribution in [0.25, 0.3) is 0 Å². The number of rotatable bonds is 1. The van der Waals surface area contributed by atoms with Crippen molar-refractivity contribution in [3.8, 4) is 0 Å². The smallest absolute Gasteiger partial charge is 0.177 e. The molecule has 0 amide bonds. The van der Waals surface area contributed by atoms with Crippen molar-refractivity contribution in [3.05, 3.63) is 16.7 Å². The van der Waals surface area contributed by atoms with Gasteiger partial charge in [0.1, 0.15) is 0 Å². The molecule has 84 valence electrons. The highest BCUT2D eigenvalue weighted by Gasteiger charge is 2.25. The molecule has 15 heavy (non-hydrogen) atoms. The minimum atomic E-state index is 0.613. The number of nitrogens with zero attached hydrogens (tertiary/aromatic N) is 1. The molecule has 2 rings (SSSR count). The first-order chi connectivity index (χ1) is 7.08. The fourth-order valence-electron chi connectivity index (χ4n) is 3.03. The van der Waals surface area contributed by atoms with Crippen LogP contribution in [-0.4, -0.2) is 9.55 Å². The van der Waals surface area contributed by atoms with E-state index >= 15 is 0 Å². The van der Waals surface area contributed by atoms with Crippen molar-refractivity contribution in [2.24, 2.45) is 11.8 Å². The zero-order valence-electron chi connectivity index (χ0n) is 9.79. The first-order valence-electron chi connectivity index (χ1n) is 5.84. The van der Waals surface area contributed by atoms with E-state index in [1.54, 1.807) is 0 Å². The van der Waals surface area contributed by atoms with Crippen LogP contribution in [0.1, 0.15) is 44.8 Å². The number of H-pyrrole nitrogens is 1. The van der Waals surface area contributed by atoms with Gasteiger partial charge in [0.05, 0.1) is 0 Å². The van der Waals surface area contributed by atoms with Crippen molar-refractivity contribution < 1.29 is 0 Å². The molecular formula is C12H20N2S. The lowest BCUT2D eigenvalue weighted by Crippen LogP contribution is -2.23. The fraction of sp³-hybridized carbons (Fsp3) is 0.750. The number of aromatic amines is 1. The Morgan fingerprint density at radius 1 is 1.27 bits per heavy atom. The summed E-state index contributed by atoms with van der Waals surface area (Å²) in [4.78, 5) is 3.14. The van der Waals surface area contributed by atoms with Gasteiger partial charge in [-0.15, -0.1) is 0 Å². The summed E-state index contributed by atoms with van der Waals surface area (Å²) in [7, 11) is 0. The van der Waals surface area contributed by atoms with E-state index in [0.717, 1.165) is 16.6 Å². The van der Waals surface area contributed by atoms with Crippen molar-refractivity contribution in [1.29, 1.82) is 0 Å². The molecule has 2 unspecified atom stereocenters. The second-order valence-corrected chi connectivity index (χ2v) is 5.56. The third-order valence-corrected chi connectivity index (χ3v) is 3.84. The summed E-state index contributed by atoms with van der Waals surface area (Å²) in [5.41, 5.74) is 1.27. The SMILES string of the molecule is Cc1c[nH]c(=S)n1C1CC(C)CC(C)C1. The summed E-state index contributed by atoms with van der Waals surface area (Å²) in [5.74, 6) is 1.66. The minimum Gasteiger partial charge on any atom is -0.337 e. The van der Waals surface area contributed by atoms with Crippen LogP contribution >= 0.6 is 12.2 Å². The zero-order valence-corrected chi connectivity index (χ0v) is 10.6. The third kappa shape index (κ3) is 2.17. The van der Waals surface area contributed by atoms with E-state index in [4.69, 9.17) is 12.2 Å². The van der Waals surface area contributed by atoms with Gasteiger partial charge in [-0.1, -0.05) is 13.8 Å². The highest BCUT2D eigenvalue weighted by Crippen LogP contribution is 2.36. The van der Waals surface area contributed by atoms with Crippen LogP contribution in [0, 0.1) is 23.5 Å². The fourth-order valence-corrected chi connectivity index (χ4v) is 3.39. The van der Waals surface area contributed by atoms with Gasteiger partial charge in [0.2, 0.25) is 0 Å². The Morgan fingerprint density at radius 3 is 2.33 bits per heavy atom. The Bertz CT molecular complexity index is 381. The molecule has 1 aliphatic rings. The molecular weight excluding hydrogens is 204 g/mol. The summed E-state index contributed by atoms with van der Waals surface area (Å²) < 4.78 is 3.19. The highest BCUT2D eigenvalue weighted by molar-refractivity contribution is 7.71. The largest absolute Gasteiger partial charge is 0.337 e. The van der Waals surface area contributed by atoms with Crippen LogP contribution in [0.5, 0.6) is 0 Å². The molecule has 1 aromatic heterocycles. The Balaban J connectivity index is 2.27. The van der Waals surface area contributed by atoms with Crippen LogP contribution in [-0.2, 0) is 0 Å². The van der Waals surface area contributed by atoms with Gasteiger partial charge in [-0.2, -0.15) is 0 Å². The van der Waals surface area contributed by atoms with Crippen LogP contribution in [0.3, 0.4) is 0 Å². The maximum absolute atomic E-state index is 5.34. The summed E-state index contributed by atoms with van der Waals surface area (Å²) in [6.07, 6.45) is 5.94. The van der Waals surface area contributed by atoms with Crippen molar-refractivity contribution in [2.45, 2.75) is 46.1 Å². The first kappa shape index (κ1) is 10.9. The Kier molecular flexibility index (Phi) is 3.01. The highest BCUT2D eigenvalue weighted by atomic mass is 32.1. The molecule has 0 bridgehead atoms.